The number of carbonyl (C=O) groups excluding carboxylic acids is 2. The summed E-state index contributed by atoms with van der Waals surface area (Å²) >= 11 is 6.50. The molecule has 3 aromatic carbocycles. The number of anilines is 6. The number of benzene rings is 3. The Hall–Kier alpha value is -5.37. The fourth-order valence-electron chi connectivity index (χ4n) is 10.1. The molecule has 2 amide bonds. The summed E-state index contributed by atoms with van der Waals surface area (Å²) in [5, 5.41) is 10.0. The second-order valence-corrected chi connectivity index (χ2v) is 21.6. The van der Waals surface area contributed by atoms with Gasteiger partial charge in [0.1, 0.15) is 24.0 Å². The second kappa shape index (κ2) is 17.7. The molecular formula is C46H56ClN10O5P. The average Bonchev–Trinajstić information content (AvgIpc) is 3.51. The molecule has 4 aliphatic rings. The molecule has 4 saturated heterocycles. The first-order valence-corrected chi connectivity index (χ1v) is 25.0. The molecule has 0 spiro atoms. The van der Waals surface area contributed by atoms with E-state index in [4.69, 9.17) is 16.3 Å². The monoisotopic (exact) mass is 894 g/mol. The van der Waals surface area contributed by atoms with Gasteiger partial charge in [-0.2, -0.15) is 4.98 Å². The lowest BCUT2D eigenvalue weighted by Crippen LogP contribution is -2.52. The number of likely N-dealkylation sites (tertiary alicyclic amines) is 1. The van der Waals surface area contributed by atoms with Gasteiger partial charge in [-0.1, -0.05) is 23.7 Å². The summed E-state index contributed by atoms with van der Waals surface area (Å²) in [6, 6.07) is 19.1. The molecule has 15 nitrogen and oxygen atoms in total. The van der Waals surface area contributed by atoms with Gasteiger partial charge in [0.25, 0.3) is 0 Å². The van der Waals surface area contributed by atoms with E-state index in [1.807, 2.05) is 42.5 Å². The lowest BCUT2D eigenvalue weighted by atomic mass is 9.78. The van der Waals surface area contributed by atoms with Crippen molar-refractivity contribution in [3.8, 4) is 5.75 Å². The van der Waals surface area contributed by atoms with E-state index in [0.717, 1.165) is 91.0 Å². The molecule has 9 rings (SSSR count). The van der Waals surface area contributed by atoms with Crippen molar-refractivity contribution in [2.24, 2.45) is 24.8 Å². The van der Waals surface area contributed by atoms with Crippen molar-refractivity contribution in [3.63, 3.8) is 0 Å². The molecule has 63 heavy (non-hydrogen) atoms. The van der Waals surface area contributed by atoms with Crippen LogP contribution in [-0.2, 0) is 21.2 Å². The van der Waals surface area contributed by atoms with Crippen LogP contribution in [0.1, 0.15) is 44.6 Å². The van der Waals surface area contributed by atoms with Gasteiger partial charge in [0, 0.05) is 74.9 Å². The number of imide groups is 1. The Labute approximate surface area is 372 Å². The lowest BCUT2D eigenvalue weighted by Gasteiger charge is -2.45. The van der Waals surface area contributed by atoms with E-state index in [0.29, 0.717) is 40.6 Å². The minimum absolute atomic E-state index is 0.226. The summed E-state index contributed by atoms with van der Waals surface area (Å²) < 4.78 is 21.9. The van der Waals surface area contributed by atoms with Gasteiger partial charge >= 0.3 is 5.69 Å². The number of hydrogen-bond acceptors (Lipinski definition) is 12. The van der Waals surface area contributed by atoms with Crippen molar-refractivity contribution in [2.45, 2.75) is 44.6 Å². The van der Waals surface area contributed by atoms with E-state index in [9.17, 15) is 18.9 Å². The van der Waals surface area contributed by atoms with E-state index < -0.39 is 19.1 Å². The summed E-state index contributed by atoms with van der Waals surface area (Å²) in [6.45, 7) is 10.9. The number of hydrogen-bond donors (Lipinski definition) is 3. The SMILES string of the molecule is COc1cc(N2CCC(C3CCN(CC4CN(c5ccc6c(c5)n(C)c(=O)n6C5CCC(=O)NC5=O)C4)CC3)CC2)ccc1Nc1ncc(Cl)c(Nc2ccccc2P(C)(C)=O)n1. The summed E-state index contributed by atoms with van der Waals surface area (Å²) in [6.07, 6.45) is 6.96. The number of nitrogens with zero attached hydrogens (tertiary/aromatic N) is 7. The number of rotatable bonds is 12. The summed E-state index contributed by atoms with van der Waals surface area (Å²) in [4.78, 5) is 54.1. The summed E-state index contributed by atoms with van der Waals surface area (Å²) in [7, 11) is 0.869. The van der Waals surface area contributed by atoms with Gasteiger partial charge < -0.3 is 34.6 Å². The zero-order valence-electron chi connectivity index (χ0n) is 36.3. The molecule has 1 unspecified atom stereocenters. The number of fused-ring (bicyclic) bond motifs is 1. The molecule has 0 radical (unpaired) electrons. The predicted octanol–water partition coefficient (Wildman–Crippen LogP) is 6.57. The smallest absolute Gasteiger partial charge is 0.329 e. The van der Waals surface area contributed by atoms with Crippen LogP contribution in [0.15, 0.2) is 71.7 Å². The molecule has 2 aromatic heterocycles. The first kappa shape index (κ1) is 42.9. The molecule has 0 saturated carbocycles. The van der Waals surface area contributed by atoms with Crippen LogP contribution >= 0.6 is 18.7 Å². The van der Waals surface area contributed by atoms with Crippen molar-refractivity contribution >= 4 is 81.4 Å². The van der Waals surface area contributed by atoms with Gasteiger partial charge in [-0.25, -0.2) is 9.78 Å². The Balaban J connectivity index is 0.740. The van der Waals surface area contributed by atoms with Gasteiger partial charge in [-0.3, -0.25) is 24.0 Å². The number of ether oxygens (including phenoxy) is 1. The number of aryl methyl sites for hydroxylation is 1. The normalized spacial score (nSPS) is 19.6. The number of para-hydroxylation sites is 1. The quantitative estimate of drug-likeness (QED) is 0.0916. The van der Waals surface area contributed by atoms with Crippen molar-refractivity contribution < 1.29 is 18.9 Å². The molecule has 6 heterocycles. The van der Waals surface area contributed by atoms with Crippen LogP contribution in [0, 0.1) is 17.8 Å². The average molecular weight is 895 g/mol. The van der Waals surface area contributed by atoms with Crippen molar-refractivity contribution in [2.75, 3.05) is 86.7 Å². The zero-order chi connectivity index (χ0) is 44.0. The van der Waals surface area contributed by atoms with Crippen LogP contribution in [0.25, 0.3) is 11.0 Å². The van der Waals surface area contributed by atoms with E-state index in [1.165, 1.54) is 25.7 Å². The maximum Gasteiger partial charge on any atom is 0.329 e. The third-order valence-electron chi connectivity index (χ3n) is 13.6. The third kappa shape index (κ3) is 8.92. The van der Waals surface area contributed by atoms with Crippen molar-refractivity contribution in [1.82, 2.24) is 29.3 Å². The molecule has 1 atom stereocenters. The van der Waals surface area contributed by atoms with E-state index in [1.54, 1.807) is 42.8 Å². The Morgan fingerprint density at radius 2 is 1.54 bits per heavy atom. The van der Waals surface area contributed by atoms with Crippen LogP contribution in [0.2, 0.25) is 5.02 Å². The van der Waals surface area contributed by atoms with Crippen LogP contribution in [0.3, 0.4) is 0 Å². The van der Waals surface area contributed by atoms with Crippen molar-refractivity contribution in [3.05, 3.63) is 82.4 Å². The van der Waals surface area contributed by atoms with Gasteiger partial charge in [0.15, 0.2) is 5.82 Å². The zero-order valence-corrected chi connectivity index (χ0v) is 38.0. The molecule has 5 aromatic rings. The van der Waals surface area contributed by atoms with Gasteiger partial charge in [0.05, 0.1) is 35.7 Å². The molecular weight excluding hydrogens is 839 g/mol. The van der Waals surface area contributed by atoms with Crippen molar-refractivity contribution in [1.29, 1.82) is 0 Å². The standard InChI is InChI=1S/C46H56ClN10O5P/c1-53-39-23-32(10-12-37(39)57(46(53)60)38-13-14-42(58)51-44(38)59)56-27-29(28-56)26-54-19-15-30(16-20-54)31-17-21-55(22-18-31)33-9-11-35(40(24-33)62-2)50-45-48-25-34(47)43(52-45)49-36-7-5-6-8-41(36)63(3,4)61/h5-12,23-25,29-31,38H,13-22,26-28H2,1-4H3,(H,51,58,59)(H2,48,49,50,52). The maximum atomic E-state index is 13.2. The number of aromatic nitrogens is 4. The molecule has 0 bridgehead atoms. The summed E-state index contributed by atoms with van der Waals surface area (Å²) in [5.41, 5.74) is 4.93. The third-order valence-corrected chi connectivity index (χ3v) is 15.4. The number of amides is 2. The molecule has 3 N–H and O–H groups in total. The minimum Gasteiger partial charge on any atom is -0.494 e. The van der Waals surface area contributed by atoms with Crippen LogP contribution in [-0.4, -0.2) is 102 Å². The summed E-state index contributed by atoms with van der Waals surface area (Å²) in [5.74, 6) is 2.86. The highest BCUT2D eigenvalue weighted by Gasteiger charge is 2.35. The van der Waals surface area contributed by atoms with E-state index in [-0.39, 0.29) is 18.0 Å². The molecule has 4 aliphatic heterocycles. The Bertz CT molecular complexity index is 2640. The number of piperidine rings is 3. The van der Waals surface area contributed by atoms with Crippen LogP contribution in [0.5, 0.6) is 5.75 Å². The number of nitrogens with one attached hydrogen (secondary N) is 3. The topological polar surface area (TPSA) is 159 Å². The minimum atomic E-state index is -2.54. The molecule has 17 heteroatoms. The Morgan fingerprint density at radius 3 is 2.25 bits per heavy atom. The molecule has 4 fully saturated rings. The Kier molecular flexibility index (Phi) is 12.0. The number of methoxy groups -OCH3 is 1. The first-order chi connectivity index (χ1) is 30.3. The largest absolute Gasteiger partial charge is 0.494 e. The highest BCUT2D eigenvalue weighted by atomic mass is 35.5. The first-order valence-electron chi connectivity index (χ1n) is 22.0. The van der Waals surface area contributed by atoms with Gasteiger partial charge in [-0.05, 0) is 113 Å². The maximum absolute atomic E-state index is 13.2. The second-order valence-electron chi connectivity index (χ2n) is 18.0. The number of carbonyl (C=O) groups is 2. The number of imidazole rings is 1. The highest BCUT2D eigenvalue weighted by molar-refractivity contribution is 7.70. The Morgan fingerprint density at radius 1 is 0.841 bits per heavy atom. The predicted molar refractivity (Wildman–Crippen MR) is 251 cm³/mol. The van der Waals surface area contributed by atoms with Crippen LogP contribution < -0.4 is 41.5 Å². The fourth-order valence-corrected chi connectivity index (χ4v) is 11.4. The lowest BCUT2D eigenvalue weighted by molar-refractivity contribution is -0.135. The van der Waals surface area contributed by atoms with E-state index in [2.05, 4.69) is 58.8 Å². The highest BCUT2D eigenvalue weighted by Crippen LogP contribution is 2.40. The van der Waals surface area contributed by atoms with Gasteiger partial charge in [-0.15, -0.1) is 0 Å². The van der Waals surface area contributed by atoms with E-state index >= 15 is 0 Å². The fraction of sp³-hybridized carbons (Fsp3) is 0.457. The van der Waals surface area contributed by atoms with Crippen LogP contribution in [0.4, 0.5) is 34.5 Å². The number of halogens is 1. The molecule has 332 valence electrons. The molecule has 0 aliphatic carbocycles. The van der Waals surface area contributed by atoms with Gasteiger partial charge in [0.2, 0.25) is 17.8 Å².